The molecule has 9 heteroatoms. The molecule has 2 heterocycles. The van der Waals surface area contributed by atoms with Gasteiger partial charge in [-0.3, -0.25) is 19.9 Å². The lowest BCUT2D eigenvalue weighted by Gasteiger charge is -2.08. The van der Waals surface area contributed by atoms with E-state index in [0.29, 0.717) is 0 Å². The molecule has 0 aromatic carbocycles. The van der Waals surface area contributed by atoms with E-state index in [2.05, 4.69) is 15.3 Å². The molecule has 0 aliphatic carbocycles. The van der Waals surface area contributed by atoms with Gasteiger partial charge in [-0.05, 0) is 12.1 Å². The molecule has 8 nitrogen and oxygen atoms in total. The second-order valence-corrected chi connectivity index (χ2v) is 4.18. The summed E-state index contributed by atoms with van der Waals surface area (Å²) in [5.41, 5.74) is -0.190. The number of hydrogen-bond acceptors (Lipinski definition) is 6. The second-order valence-electron chi connectivity index (χ2n) is 3.79. The maximum Gasteiger partial charge on any atom is 0.311 e. The molecule has 0 unspecified atom stereocenters. The van der Waals surface area contributed by atoms with Crippen molar-refractivity contribution >= 4 is 29.0 Å². The van der Waals surface area contributed by atoms with Gasteiger partial charge in [-0.25, -0.2) is 4.98 Å². The Labute approximate surface area is 123 Å². The van der Waals surface area contributed by atoms with Crippen molar-refractivity contribution in [1.29, 1.82) is 0 Å². The summed E-state index contributed by atoms with van der Waals surface area (Å²) in [7, 11) is 1.38. The molecule has 2 rings (SSSR count). The standard InChI is InChI=1S/C12H9ClN4O4/c1-21-9-6-14-5-4-7(9)12(18)16-11-8(17(19)20)2-3-10(13)15-11/h2-6H,1H3,(H,15,16,18). The summed E-state index contributed by atoms with van der Waals surface area (Å²) in [6.07, 6.45) is 2.76. The third-order valence-electron chi connectivity index (χ3n) is 2.52. The molecule has 0 aliphatic rings. The zero-order valence-corrected chi connectivity index (χ0v) is 11.5. The fourth-order valence-electron chi connectivity index (χ4n) is 1.57. The van der Waals surface area contributed by atoms with E-state index < -0.39 is 10.8 Å². The van der Waals surface area contributed by atoms with Gasteiger partial charge in [0.25, 0.3) is 5.91 Å². The Hall–Kier alpha value is -2.74. The predicted molar refractivity (Wildman–Crippen MR) is 74.6 cm³/mol. The van der Waals surface area contributed by atoms with Crippen LogP contribution in [0.4, 0.5) is 11.5 Å². The lowest BCUT2D eigenvalue weighted by Crippen LogP contribution is -2.15. The van der Waals surface area contributed by atoms with E-state index in [4.69, 9.17) is 16.3 Å². The molecule has 0 saturated heterocycles. The molecular weight excluding hydrogens is 300 g/mol. The van der Waals surface area contributed by atoms with Crippen LogP contribution in [0.5, 0.6) is 5.75 Å². The number of aromatic nitrogens is 2. The number of carbonyl (C=O) groups excluding carboxylic acids is 1. The van der Waals surface area contributed by atoms with E-state index in [9.17, 15) is 14.9 Å². The fourth-order valence-corrected chi connectivity index (χ4v) is 1.72. The molecule has 1 N–H and O–H groups in total. The van der Waals surface area contributed by atoms with Crippen molar-refractivity contribution in [2.75, 3.05) is 12.4 Å². The number of ether oxygens (including phenoxy) is 1. The second kappa shape index (κ2) is 6.14. The van der Waals surface area contributed by atoms with Crippen molar-refractivity contribution in [2.45, 2.75) is 0 Å². The molecule has 2 aromatic heterocycles. The lowest BCUT2D eigenvalue weighted by molar-refractivity contribution is -0.384. The van der Waals surface area contributed by atoms with Crippen LogP contribution in [0.2, 0.25) is 5.15 Å². The summed E-state index contributed by atoms with van der Waals surface area (Å²) < 4.78 is 5.00. The van der Waals surface area contributed by atoms with Crippen molar-refractivity contribution < 1.29 is 14.5 Å². The third kappa shape index (κ3) is 3.23. The van der Waals surface area contributed by atoms with Crippen LogP contribution in [0.25, 0.3) is 0 Å². The molecule has 0 bridgehead atoms. The molecule has 0 spiro atoms. The van der Waals surface area contributed by atoms with Crippen LogP contribution in [0.3, 0.4) is 0 Å². The summed E-state index contributed by atoms with van der Waals surface area (Å²) in [5.74, 6) is -0.622. The van der Waals surface area contributed by atoms with Crippen LogP contribution < -0.4 is 10.1 Å². The highest BCUT2D eigenvalue weighted by Gasteiger charge is 2.20. The molecule has 0 fully saturated rings. The number of anilines is 1. The Bertz CT molecular complexity index is 707. The minimum Gasteiger partial charge on any atom is -0.494 e. The van der Waals surface area contributed by atoms with Crippen molar-refractivity contribution in [3.63, 3.8) is 0 Å². The minimum absolute atomic E-state index is 0.0255. The highest BCUT2D eigenvalue weighted by Crippen LogP contribution is 2.25. The number of pyridine rings is 2. The van der Waals surface area contributed by atoms with Crippen LogP contribution >= 0.6 is 11.6 Å². The average Bonchev–Trinajstić information content (AvgIpc) is 2.46. The number of rotatable bonds is 4. The van der Waals surface area contributed by atoms with E-state index in [1.807, 2.05) is 0 Å². The van der Waals surface area contributed by atoms with E-state index in [0.717, 1.165) is 6.07 Å². The molecule has 1 amide bonds. The zero-order valence-electron chi connectivity index (χ0n) is 10.7. The van der Waals surface area contributed by atoms with Crippen molar-refractivity contribution in [3.05, 3.63) is 51.4 Å². The maximum atomic E-state index is 12.2. The number of amides is 1. The summed E-state index contributed by atoms with van der Waals surface area (Å²) in [5, 5.41) is 13.3. The van der Waals surface area contributed by atoms with Crippen LogP contribution in [0, 0.1) is 10.1 Å². The first-order valence-electron chi connectivity index (χ1n) is 5.63. The van der Waals surface area contributed by atoms with Crippen LogP contribution in [-0.2, 0) is 0 Å². The van der Waals surface area contributed by atoms with Gasteiger partial charge in [-0.1, -0.05) is 11.6 Å². The molecule has 0 aliphatic heterocycles. The lowest BCUT2D eigenvalue weighted by atomic mass is 10.2. The largest absolute Gasteiger partial charge is 0.494 e. The highest BCUT2D eigenvalue weighted by atomic mass is 35.5. The number of hydrogen-bond donors (Lipinski definition) is 1. The Kier molecular flexibility index (Phi) is 4.29. The van der Waals surface area contributed by atoms with Gasteiger partial charge in [0, 0.05) is 12.3 Å². The summed E-state index contributed by atoms with van der Waals surface area (Å²) in [6, 6.07) is 3.85. The third-order valence-corrected chi connectivity index (χ3v) is 2.73. The molecule has 0 saturated carbocycles. The smallest absolute Gasteiger partial charge is 0.311 e. The van der Waals surface area contributed by atoms with Crippen LogP contribution in [0.1, 0.15) is 10.4 Å². The van der Waals surface area contributed by atoms with E-state index in [1.54, 1.807) is 0 Å². The quantitative estimate of drug-likeness (QED) is 0.527. The van der Waals surface area contributed by atoms with Crippen molar-refractivity contribution in [3.8, 4) is 5.75 Å². The SMILES string of the molecule is COc1cnccc1C(=O)Nc1nc(Cl)ccc1[N+](=O)[O-]. The van der Waals surface area contributed by atoms with E-state index in [1.165, 1.54) is 31.6 Å². The fraction of sp³-hybridized carbons (Fsp3) is 0.0833. The topological polar surface area (TPSA) is 107 Å². The van der Waals surface area contributed by atoms with Gasteiger partial charge in [0.2, 0.25) is 5.82 Å². The Morgan fingerprint density at radius 2 is 2.19 bits per heavy atom. The number of nitrogens with one attached hydrogen (secondary N) is 1. The van der Waals surface area contributed by atoms with Gasteiger partial charge in [0.15, 0.2) is 0 Å². The molecule has 0 radical (unpaired) electrons. The van der Waals surface area contributed by atoms with Gasteiger partial charge in [-0.15, -0.1) is 0 Å². The molecule has 108 valence electrons. The van der Waals surface area contributed by atoms with E-state index >= 15 is 0 Å². The molecule has 2 aromatic rings. The van der Waals surface area contributed by atoms with Gasteiger partial charge in [0.05, 0.1) is 23.8 Å². The van der Waals surface area contributed by atoms with Crippen molar-refractivity contribution in [2.24, 2.45) is 0 Å². The van der Waals surface area contributed by atoms with Gasteiger partial charge in [0.1, 0.15) is 10.9 Å². The summed E-state index contributed by atoms with van der Waals surface area (Å²) >= 11 is 5.69. The minimum atomic E-state index is -0.664. The number of carbonyl (C=O) groups is 1. The number of halogens is 1. The first kappa shape index (κ1) is 14.7. The molecule has 0 atom stereocenters. The Morgan fingerprint density at radius 1 is 1.43 bits per heavy atom. The van der Waals surface area contributed by atoms with Crippen LogP contribution in [0.15, 0.2) is 30.6 Å². The Balaban J connectivity index is 2.36. The predicted octanol–water partition coefficient (Wildman–Crippen LogP) is 2.30. The number of nitrogens with zero attached hydrogens (tertiary/aromatic N) is 3. The maximum absolute atomic E-state index is 12.2. The summed E-state index contributed by atoms with van der Waals surface area (Å²) in [4.78, 5) is 30.0. The first-order valence-corrected chi connectivity index (χ1v) is 6.01. The highest BCUT2D eigenvalue weighted by molar-refractivity contribution is 6.29. The van der Waals surface area contributed by atoms with Gasteiger partial charge >= 0.3 is 5.69 Å². The number of methoxy groups -OCH3 is 1. The monoisotopic (exact) mass is 308 g/mol. The Morgan fingerprint density at radius 3 is 2.86 bits per heavy atom. The summed E-state index contributed by atoms with van der Waals surface area (Å²) in [6.45, 7) is 0. The zero-order chi connectivity index (χ0) is 15.4. The van der Waals surface area contributed by atoms with Gasteiger partial charge in [-0.2, -0.15) is 0 Å². The van der Waals surface area contributed by atoms with Gasteiger partial charge < -0.3 is 10.1 Å². The molecule has 21 heavy (non-hydrogen) atoms. The van der Waals surface area contributed by atoms with Crippen LogP contribution in [-0.4, -0.2) is 27.9 Å². The normalized spacial score (nSPS) is 10.0. The van der Waals surface area contributed by atoms with Crippen molar-refractivity contribution in [1.82, 2.24) is 9.97 Å². The average molecular weight is 309 g/mol. The number of nitro groups is 1. The van der Waals surface area contributed by atoms with E-state index in [-0.39, 0.29) is 28.0 Å². The molecular formula is C12H9ClN4O4. The first-order chi connectivity index (χ1) is 10.0.